The number of hydrogen-bond acceptors (Lipinski definition) is 4. The van der Waals surface area contributed by atoms with E-state index in [4.69, 9.17) is 4.74 Å². The highest BCUT2D eigenvalue weighted by Crippen LogP contribution is 2.20. The minimum absolute atomic E-state index is 0.0000823. The third-order valence-electron chi connectivity index (χ3n) is 5.28. The van der Waals surface area contributed by atoms with Crippen LogP contribution in [0.5, 0.6) is 0 Å². The molecule has 1 aromatic rings. The highest BCUT2D eigenvalue weighted by molar-refractivity contribution is 5.79. The Labute approximate surface area is 175 Å². The van der Waals surface area contributed by atoms with E-state index in [1.165, 1.54) is 5.69 Å². The molecule has 1 atom stereocenters. The molecule has 1 aliphatic heterocycles. The lowest BCUT2D eigenvalue weighted by Crippen LogP contribution is -2.36. The smallest absolute Gasteiger partial charge is 0.222 e. The van der Waals surface area contributed by atoms with Crippen molar-refractivity contribution in [2.45, 2.75) is 58.9 Å². The summed E-state index contributed by atoms with van der Waals surface area (Å²) >= 11 is 0. The van der Waals surface area contributed by atoms with Gasteiger partial charge in [-0.05, 0) is 43.9 Å². The molecule has 1 fully saturated rings. The van der Waals surface area contributed by atoms with Crippen LogP contribution in [0.2, 0.25) is 0 Å². The molecule has 29 heavy (non-hydrogen) atoms. The summed E-state index contributed by atoms with van der Waals surface area (Å²) in [5, 5.41) is 3.05. The average Bonchev–Trinajstić information content (AvgIpc) is 2.74. The molecule has 1 aliphatic rings. The van der Waals surface area contributed by atoms with Gasteiger partial charge in [-0.3, -0.25) is 9.59 Å². The fourth-order valence-electron chi connectivity index (χ4n) is 3.65. The van der Waals surface area contributed by atoms with Gasteiger partial charge in [0.1, 0.15) is 0 Å². The summed E-state index contributed by atoms with van der Waals surface area (Å²) in [5.74, 6) is 0.160. The van der Waals surface area contributed by atoms with E-state index in [-0.39, 0.29) is 17.9 Å². The molecule has 1 N–H and O–H groups in total. The van der Waals surface area contributed by atoms with Gasteiger partial charge in [0, 0.05) is 44.7 Å². The molecule has 6 nitrogen and oxygen atoms in total. The van der Waals surface area contributed by atoms with Crippen LogP contribution in [0, 0.1) is 0 Å². The number of ether oxygens (including phenoxy) is 1. The van der Waals surface area contributed by atoms with Gasteiger partial charge in [-0.25, -0.2) is 0 Å². The number of hydrogen-bond donors (Lipinski definition) is 1. The van der Waals surface area contributed by atoms with E-state index in [2.05, 4.69) is 48.3 Å². The number of amides is 2. The second-order valence-corrected chi connectivity index (χ2v) is 7.71. The molecule has 0 spiro atoms. The van der Waals surface area contributed by atoms with Crippen LogP contribution in [-0.2, 0) is 14.3 Å². The SMILES string of the molecule is CCCN(CCC)C(=O)CCCC(=O)NC(C)c1ccc(N2CCOCC2)cc1. The molecule has 6 heteroatoms. The van der Waals surface area contributed by atoms with Crippen molar-refractivity contribution in [3.63, 3.8) is 0 Å². The highest BCUT2D eigenvalue weighted by atomic mass is 16.5. The number of morpholine rings is 1. The first-order valence-electron chi connectivity index (χ1n) is 11.0. The van der Waals surface area contributed by atoms with Crippen molar-refractivity contribution in [2.75, 3.05) is 44.3 Å². The molecule has 1 unspecified atom stereocenters. The summed E-state index contributed by atoms with van der Waals surface area (Å²) in [6, 6.07) is 8.32. The molecular weight excluding hydrogens is 366 g/mol. The lowest BCUT2D eigenvalue weighted by molar-refractivity contribution is -0.131. The summed E-state index contributed by atoms with van der Waals surface area (Å²) in [4.78, 5) is 28.8. The van der Waals surface area contributed by atoms with Gasteiger partial charge >= 0.3 is 0 Å². The Kier molecular flexibility index (Phi) is 9.98. The molecule has 0 bridgehead atoms. The first-order chi connectivity index (χ1) is 14.0. The van der Waals surface area contributed by atoms with E-state index >= 15 is 0 Å². The van der Waals surface area contributed by atoms with Gasteiger partial charge in [-0.1, -0.05) is 26.0 Å². The third kappa shape index (κ3) is 7.69. The first kappa shape index (κ1) is 23.2. The van der Waals surface area contributed by atoms with Gasteiger partial charge in [0.25, 0.3) is 0 Å². The van der Waals surface area contributed by atoms with Crippen LogP contribution in [0.1, 0.15) is 64.5 Å². The van der Waals surface area contributed by atoms with Crippen molar-refractivity contribution >= 4 is 17.5 Å². The molecule has 162 valence electrons. The van der Waals surface area contributed by atoms with Gasteiger partial charge in [-0.2, -0.15) is 0 Å². The summed E-state index contributed by atoms with van der Waals surface area (Å²) in [5.41, 5.74) is 2.28. The van der Waals surface area contributed by atoms with E-state index in [0.717, 1.165) is 57.8 Å². The van der Waals surface area contributed by atoms with Crippen LogP contribution in [0.15, 0.2) is 24.3 Å². The molecule has 1 saturated heterocycles. The van der Waals surface area contributed by atoms with E-state index < -0.39 is 0 Å². The number of carbonyl (C=O) groups excluding carboxylic acids is 2. The van der Waals surface area contributed by atoms with Crippen LogP contribution in [0.3, 0.4) is 0 Å². The minimum atomic E-state index is -0.0476. The molecule has 1 aromatic carbocycles. The summed E-state index contributed by atoms with van der Waals surface area (Å²) in [7, 11) is 0. The zero-order chi connectivity index (χ0) is 21.1. The normalized spacial score (nSPS) is 15.1. The largest absolute Gasteiger partial charge is 0.378 e. The summed E-state index contributed by atoms with van der Waals surface area (Å²) in [6.45, 7) is 11.1. The van der Waals surface area contributed by atoms with Gasteiger partial charge < -0.3 is 19.9 Å². The highest BCUT2D eigenvalue weighted by Gasteiger charge is 2.15. The monoisotopic (exact) mass is 403 g/mol. The molecule has 0 aromatic heterocycles. The number of nitrogens with zero attached hydrogens (tertiary/aromatic N) is 2. The maximum absolute atomic E-state index is 12.3. The third-order valence-corrected chi connectivity index (χ3v) is 5.28. The minimum Gasteiger partial charge on any atom is -0.378 e. The first-order valence-corrected chi connectivity index (χ1v) is 11.0. The van der Waals surface area contributed by atoms with Crippen molar-refractivity contribution in [1.82, 2.24) is 10.2 Å². The number of rotatable bonds is 11. The summed E-state index contributed by atoms with van der Waals surface area (Å²) < 4.78 is 5.40. The second kappa shape index (κ2) is 12.5. The van der Waals surface area contributed by atoms with E-state index in [9.17, 15) is 9.59 Å². The summed E-state index contributed by atoms with van der Waals surface area (Å²) in [6.07, 6.45) is 3.35. The quantitative estimate of drug-likeness (QED) is 0.614. The van der Waals surface area contributed by atoms with Gasteiger partial charge in [0.2, 0.25) is 11.8 Å². The van der Waals surface area contributed by atoms with Gasteiger partial charge in [0.15, 0.2) is 0 Å². The molecule has 0 aliphatic carbocycles. The Morgan fingerprint density at radius 3 is 2.28 bits per heavy atom. The van der Waals surface area contributed by atoms with E-state index in [1.54, 1.807) is 0 Å². The predicted molar refractivity (Wildman–Crippen MR) is 117 cm³/mol. The van der Waals surface area contributed by atoms with Crippen molar-refractivity contribution in [3.8, 4) is 0 Å². The Balaban J connectivity index is 1.74. The Bertz CT molecular complexity index is 621. The standard InChI is InChI=1S/C23H37N3O3/c1-4-13-26(14-5-2)23(28)8-6-7-22(27)24-19(3)20-9-11-21(12-10-20)25-15-17-29-18-16-25/h9-12,19H,4-8,13-18H2,1-3H3,(H,24,27). The van der Waals surface area contributed by atoms with Gasteiger partial charge in [0.05, 0.1) is 19.3 Å². The van der Waals surface area contributed by atoms with Crippen LogP contribution < -0.4 is 10.2 Å². The molecule has 2 amide bonds. The Hall–Kier alpha value is -2.08. The zero-order valence-electron chi connectivity index (χ0n) is 18.3. The lowest BCUT2D eigenvalue weighted by Gasteiger charge is -2.29. The molecule has 1 heterocycles. The van der Waals surface area contributed by atoms with E-state index in [1.807, 2.05) is 11.8 Å². The number of nitrogens with one attached hydrogen (secondary N) is 1. The van der Waals surface area contributed by atoms with Crippen molar-refractivity contribution < 1.29 is 14.3 Å². The van der Waals surface area contributed by atoms with E-state index in [0.29, 0.717) is 19.3 Å². The zero-order valence-corrected chi connectivity index (χ0v) is 18.3. The number of anilines is 1. The molecule has 0 saturated carbocycles. The lowest BCUT2D eigenvalue weighted by atomic mass is 10.1. The fraction of sp³-hybridized carbons (Fsp3) is 0.652. The number of benzene rings is 1. The maximum Gasteiger partial charge on any atom is 0.222 e. The van der Waals surface area contributed by atoms with Crippen LogP contribution in [-0.4, -0.2) is 56.1 Å². The Morgan fingerprint density at radius 2 is 1.69 bits per heavy atom. The van der Waals surface area contributed by atoms with Crippen LogP contribution in [0.4, 0.5) is 5.69 Å². The van der Waals surface area contributed by atoms with Crippen LogP contribution in [0.25, 0.3) is 0 Å². The average molecular weight is 404 g/mol. The number of carbonyl (C=O) groups is 2. The predicted octanol–water partition coefficient (Wildman–Crippen LogP) is 3.52. The van der Waals surface area contributed by atoms with Crippen molar-refractivity contribution in [1.29, 1.82) is 0 Å². The second-order valence-electron chi connectivity index (χ2n) is 7.71. The molecular formula is C23H37N3O3. The fourth-order valence-corrected chi connectivity index (χ4v) is 3.65. The van der Waals surface area contributed by atoms with Crippen molar-refractivity contribution in [2.24, 2.45) is 0 Å². The topological polar surface area (TPSA) is 61.9 Å². The van der Waals surface area contributed by atoms with Crippen molar-refractivity contribution in [3.05, 3.63) is 29.8 Å². The Morgan fingerprint density at radius 1 is 1.07 bits per heavy atom. The molecule has 2 rings (SSSR count). The molecule has 0 radical (unpaired) electrons. The van der Waals surface area contributed by atoms with Gasteiger partial charge in [-0.15, -0.1) is 0 Å². The maximum atomic E-state index is 12.3. The van der Waals surface area contributed by atoms with Crippen LogP contribution >= 0.6 is 0 Å².